The Hall–Kier alpha value is -1.89. The van der Waals surface area contributed by atoms with E-state index < -0.39 is 19.5 Å². The Morgan fingerprint density at radius 3 is 2.58 bits per heavy atom. The van der Waals surface area contributed by atoms with Gasteiger partial charge in [-0.25, -0.2) is 5.09 Å². The summed E-state index contributed by atoms with van der Waals surface area (Å²) in [6.45, 7) is 4.87. The van der Waals surface area contributed by atoms with Crippen LogP contribution < -0.4 is 9.61 Å². The summed E-state index contributed by atoms with van der Waals surface area (Å²) >= 11 is 0. The Bertz CT molecular complexity index is 632. The third-order valence-corrected chi connectivity index (χ3v) is 4.63. The average Bonchev–Trinajstić information content (AvgIpc) is 2.48. The monoisotopic (exact) mass is 359 g/mol. The zero-order valence-corrected chi connectivity index (χ0v) is 14.9. The van der Waals surface area contributed by atoms with Crippen LogP contribution in [-0.4, -0.2) is 43.0 Å². The third kappa shape index (κ3) is 5.96. The minimum atomic E-state index is -3.66. The van der Waals surface area contributed by atoms with Crippen LogP contribution in [0, 0.1) is 0 Å². The van der Waals surface area contributed by atoms with E-state index in [-0.39, 0.29) is 29.5 Å². The Morgan fingerprint density at radius 1 is 1.38 bits per heavy atom. The molecule has 0 saturated carbocycles. The van der Waals surface area contributed by atoms with Crippen LogP contribution in [0.5, 0.6) is 11.5 Å². The maximum Gasteiger partial charge on any atom is 0.342 e. The van der Waals surface area contributed by atoms with Crippen LogP contribution in [0.2, 0.25) is 0 Å². The normalized spacial score (nSPS) is 14.7. The minimum absolute atomic E-state index is 0.000102. The molecular weight excluding hydrogens is 337 g/mol. The molecule has 0 bridgehead atoms. The van der Waals surface area contributed by atoms with Gasteiger partial charge in [0.25, 0.3) is 0 Å². The Morgan fingerprint density at radius 2 is 2.04 bits per heavy atom. The second-order valence-electron chi connectivity index (χ2n) is 5.36. The molecular formula is C15H22NO7P. The molecule has 0 aliphatic rings. The number of hydrogen-bond donors (Lipinski definition) is 2. The van der Waals surface area contributed by atoms with Crippen molar-refractivity contribution in [3.63, 3.8) is 0 Å². The molecule has 0 spiro atoms. The molecule has 0 aliphatic carbocycles. The zero-order chi connectivity index (χ0) is 18.3. The van der Waals surface area contributed by atoms with E-state index in [1.165, 1.54) is 32.2 Å². The van der Waals surface area contributed by atoms with Gasteiger partial charge in [0.05, 0.1) is 11.7 Å². The smallest absolute Gasteiger partial charge is 0.342 e. The number of aldehydes is 1. The Balaban J connectivity index is 2.98. The number of ether oxygens (including phenoxy) is 2. The average molecular weight is 359 g/mol. The highest BCUT2D eigenvalue weighted by Gasteiger charge is 2.31. The zero-order valence-electron chi connectivity index (χ0n) is 14.0. The number of nitrogens with one attached hydrogen (secondary N) is 1. The summed E-state index contributed by atoms with van der Waals surface area (Å²) in [5.41, 5.74) is 0.0190. The predicted octanol–water partition coefficient (Wildman–Crippen LogP) is 2.31. The molecule has 9 heteroatoms. The maximum absolute atomic E-state index is 12.9. The summed E-state index contributed by atoms with van der Waals surface area (Å²) in [7, 11) is -2.34. The van der Waals surface area contributed by atoms with Crippen molar-refractivity contribution >= 4 is 19.8 Å². The fourth-order valence-electron chi connectivity index (χ4n) is 1.81. The van der Waals surface area contributed by atoms with E-state index in [1.807, 2.05) is 0 Å². The van der Waals surface area contributed by atoms with Crippen molar-refractivity contribution < 1.29 is 33.3 Å². The van der Waals surface area contributed by atoms with Crippen LogP contribution in [-0.2, 0) is 18.8 Å². The second-order valence-corrected chi connectivity index (χ2v) is 7.40. The molecule has 2 atom stereocenters. The molecule has 1 unspecified atom stereocenters. The number of carbonyl (C=O) groups excluding carboxylic acids is 2. The number of phenolic OH excluding ortho intramolecular Hbond substituents is 1. The lowest BCUT2D eigenvalue weighted by Crippen LogP contribution is -2.36. The van der Waals surface area contributed by atoms with Crippen molar-refractivity contribution in [1.29, 1.82) is 0 Å². The molecule has 0 saturated heterocycles. The van der Waals surface area contributed by atoms with E-state index in [9.17, 15) is 19.3 Å². The molecule has 0 radical (unpaired) electrons. The summed E-state index contributed by atoms with van der Waals surface area (Å²) in [6.07, 6.45) is -0.183. The Kier molecular flexibility index (Phi) is 7.41. The largest absolute Gasteiger partial charge is 0.508 e. The topological polar surface area (TPSA) is 111 Å². The highest BCUT2D eigenvalue weighted by molar-refractivity contribution is 7.57. The molecule has 0 fully saturated rings. The van der Waals surface area contributed by atoms with Gasteiger partial charge in [-0.1, -0.05) is 0 Å². The molecule has 24 heavy (non-hydrogen) atoms. The van der Waals surface area contributed by atoms with Gasteiger partial charge in [-0.2, -0.15) is 0 Å². The number of aromatic hydroxyl groups is 1. The van der Waals surface area contributed by atoms with Gasteiger partial charge in [0.15, 0.2) is 6.29 Å². The molecule has 0 aliphatic heterocycles. The van der Waals surface area contributed by atoms with Gasteiger partial charge in [-0.05, 0) is 39.0 Å². The number of methoxy groups -OCH3 is 1. The van der Waals surface area contributed by atoms with Gasteiger partial charge in [0.2, 0.25) is 0 Å². The first kappa shape index (κ1) is 20.2. The fraction of sp³-hybridized carbons (Fsp3) is 0.467. The number of rotatable bonds is 9. The van der Waals surface area contributed by atoms with Crippen molar-refractivity contribution in [3.05, 3.63) is 23.8 Å². The van der Waals surface area contributed by atoms with E-state index in [2.05, 4.69) is 5.09 Å². The first-order chi connectivity index (χ1) is 11.2. The van der Waals surface area contributed by atoms with E-state index in [0.29, 0.717) is 6.29 Å². The minimum Gasteiger partial charge on any atom is -0.508 e. The number of benzene rings is 1. The lowest BCUT2D eigenvalue weighted by atomic mass is 10.2. The highest BCUT2D eigenvalue weighted by atomic mass is 31.2. The highest BCUT2D eigenvalue weighted by Crippen LogP contribution is 2.44. The van der Waals surface area contributed by atoms with Gasteiger partial charge >= 0.3 is 13.5 Å². The van der Waals surface area contributed by atoms with Gasteiger partial charge in [0, 0.05) is 7.11 Å². The fourth-order valence-corrected chi connectivity index (χ4v) is 3.51. The number of phenols is 1. The van der Waals surface area contributed by atoms with Crippen molar-refractivity contribution in [1.82, 2.24) is 5.09 Å². The molecule has 134 valence electrons. The van der Waals surface area contributed by atoms with Crippen LogP contribution in [0.3, 0.4) is 0 Å². The second kappa shape index (κ2) is 8.82. The molecule has 0 aromatic heterocycles. The van der Waals surface area contributed by atoms with Crippen LogP contribution in [0.15, 0.2) is 18.2 Å². The molecule has 1 rings (SSSR count). The molecule has 0 amide bonds. The number of carbonyl (C=O) groups is 2. The summed E-state index contributed by atoms with van der Waals surface area (Å²) in [5.74, 6) is -0.723. The number of hydrogen-bond acceptors (Lipinski definition) is 7. The van der Waals surface area contributed by atoms with E-state index in [4.69, 9.17) is 14.0 Å². The van der Waals surface area contributed by atoms with Gasteiger partial charge in [0.1, 0.15) is 23.9 Å². The molecule has 1 aromatic rings. The molecule has 8 nitrogen and oxygen atoms in total. The molecule has 0 heterocycles. The van der Waals surface area contributed by atoms with Crippen LogP contribution in [0.25, 0.3) is 0 Å². The van der Waals surface area contributed by atoms with Crippen molar-refractivity contribution in [2.75, 3.05) is 13.5 Å². The maximum atomic E-state index is 12.9. The summed E-state index contributed by atoms with van der Waals surface area (Å²) in [6, 6.07) is 2.86. The van der Waals surface area contributed by atoms with E-state index in [0.717, 1.165) is 0 Å². The van der Waals surface area contributed by atoms with Crippen LogP contribution in [0.1, 0.15) is 31.1 Å². The first-order valence-electron chi connectivity index (χ1n) is 7.25. The standard InChI is InChI=1S/C15H22NO7P/c1-10(2)22-15(19)11(3)16-24(20,9-21-4)23-14-6-5-13(18)7-12(14)8-17/h5-8,10-11,18H,9H2,1-4H3,(H,16,20)/t11-,24?/m0/s1. The Labute approximate surface area is 140 Å². The molecule has 1 aromatic carbocycles. The SMILES string of the molecule is COCP(=O)(N[C@@H](C)C(=O)OC(C)C)Oc1ccc(O)cc1C=O. The van der Waals surface area contributed by atoms with Crippen LogP contribution in [0.4, 0.5) is 0 Å². The van der Waals surface area contributed by atoms with E-state index >= 15 is 0 Å². The van der Waals surface area contributed by atoms with Crippen molar-refractivity contribution in [3.8, 4) is 11.5 Å². The summed E-state index contributed by atoms with van der Waals surface area (Å²) < 4.78 is 28.2. The van der Waals surface area contributed by atoms with Gasteiger partial charge < -0.3 is 19.1 Å². The predicted molar refractivity (Wildman–Crippen MR) is 87.4 cm³/mol. The van der Waals surface area contributed by atoms with Crippen LogP contribution >= 0.6 is 7.52 Å². The van der Waals surface area contributed by atoms with Gasteiger partial charge in [-0.3, -0.25) is 14.2 Å². The number of esters is 1. The van der Waals surface area contributed by atoms with E-state index in [1.54, 1.807) is 13.8 Å². The van der Waals surface area contributed by atoms with Gasteiger partial charge in [-0.15, -0.1) is 0 Å². The molecule has 2 N–H and O–H groups in total. The summed E-state index contributed by atoms with van der Waals surface area (Å²) in [4.78, 5) is 22.9. The lowest BCUT2D eigenvalue weighted by molar-refractivity contribution is -0.149. The first-order valence-corrected chi connectivity index (χ1v) is 9.06. The lowest BCUT2D eigenvalue weighted by Gasteiger charge is -2.24. The summed E-state index contributed by atoms with van der Waals surface area (Å²) in [5, 5.41) is 12.0. The quantitative estimate of drug-likeness (QED) is 0.392. The third-order valence-electron chi connectivity index (χ3n) is 2.76. The van der Waals surface area contributed by atoms with Crippen molar-refractivity contribution in [2.45, 2.75) is 32.9 Å². The van der Waals surface area contributed by atoms with Crippen molar-refractivity contribution in [2.24, 2.45) is 0 Å².